The molecule has 0 amide bonds. The summed E-state index contributed by atoms with van der Waals surface area (Å²) in [7, 11) is 1.95. The van der Waals surface area contributed by atoms with Crippen LogP contribution < -0.4 is 15.2 Å². The Hall–Kier alpha value is -4.59. The van der Waals surface area contributed by atoms with Gasteiger partial charge in [0.15, 0.2) is 11.6 Å². The number of benzene rings is 2. The molecule has 0 fully saturated rings. The number of nitrogen functional groups attached to an aromatic ring is 1. The summed E-state index contributed by atoms with van der Waals surface area (Å²) in [5, 5.41) is 9.82. The van der Waals surface area contributed by atoms with Gasteiger partial charge in [-0.3, -0.25) is 9.36 Å². The van der Waals surface area contributed by atoms with Crippen molar-refractivity contribution in [2.24, 2.45) is 7.05 Å². The van der Waals surface area contributed by atoms with Gasteiger partial charge in [0.2, 0.25) is 5.88 Å². The van der Waals surface area contributed by atoms with Crippen molar-refractivity contribution < 1.29 is 9.47 Å². The summed E-state index contributed by atoms with van der Waals surface area (Å²) >= 11 is 0. The van der Waals surface area contributed by atoms with Crippen LogP contribution in [-0.2, 0) is 26.6 Å². The van der Waals surface area contributed by atoms with E-state index < -0.39 is 0 Å². The van der Waals surface area contributed by atoms with Gasteiger partial charge in [-0.25, -0.2) is 4.98 Å². The summed E-state index contributed by atoms with van der Waals surface area (Å²) in [5.41, 5.74) is 15.4. The SMILES string of the molecule is CCn1nc(OCc2ccccc2)c2c1-c1cnc(N)c(c1)O[C@H](C)c1cc(C)ccc1-c1nn(C)cc1C2. The molecule has 39 heavy (non-hydrogen) atoms. The molecule has 0 saturated heterocycles. The number of anilines is 1. The topological polar surface area (TPSA) is 93.0 Å². The van der Waals surface area contributed by atoms with Gasteiger partial charge in [0.1, 0.15) is 12.7 Å². The fourth-order valence-corrected chi connectivity index (χ4v) is 5.28. The van der Waals surface area contributed by atoms with E-state index in [1.54, 1.807) is 6.20 Å². The summed E-state index contributed by atoms with van der Waals surface area (Å²) in [6.07, 6.45) is 4.19. The van der Waals surface area contributed by atoms with E-state index in [-0.39, 0.29) is 6.10 Å². The Morgan fingerprint density at radius 1 is 1.10 bits per heavy atom. The fraction of sp³-hybridized carbons (Fsp3) is 0.258. The predicted molar refractivity (Wildman–Crippen MR) is 152 cm³/mol. The number of pyridine rings is 1. The second-order valence-electron chi connectivity index (χ2n) is 10.0. The van der Waals surface area contributed by atoms with Gasteiger partial charge in [-0.2, -0.15) is 5.10 Å². The van der Waals surface area contributed by atoms with Gasteiger partial charge in [-0.05, 0) is 32.4 Å². The summed E-state index contributed by atoms with van der Waals surface area (Å²) in [4.78, 5) is 4.52. The zero-order valence-corrected chi connectivity index (χ0v) is 22.7. The maximum Gasteiger partial charge on any atom is 0.237 e. The van der Waals surface area contributed by atoms with Gasteiger partial charge >= 0.3 is 0 Å². The molecule has 0 aliphatic carbocycles. The average molecular weight is 521 g/mol. The number of nitrogens with two attached hydrogens (primary N) is 1. The summed E-state index contributed by atoms with van der Waals surface area (Å²) < 4.78 is 16.7. The molecule has 8 heteroatoms. The third-order valence-corrected chi connectivity index (χ3v) is 7.16. The van der Waals surface area contributed by atoms with Crippen LogP contribution in [0.4, 0.5) is 5.82 Å². The van der Waals surface area contributed by atoms with Crippen molar-refractivity contribution in [2.45, 2.75) is 46.4 Å². The number of fused-ring (bicyclic) bond motifs is 7. The minimum absolute atomic E-state index is 0.270. The molecule has 0 saturated carbocycles. The number of nitrogens with zero attached hydrogens (tertiary/aromatic N) is 5. The second-order valence-corrected chi connectivity index (χ2v) is 10.0. The van der Waals surface area contributed by atoms with E-state index in [1.807, 2.05) is 47.6 Å². The maximum absolute atomic E-state index is 6.48. The monoisotopic (exact) mass is 520 g/mol. The number of hydrogen-bond acceptors (Lipinski definition) is 6. The number of rotatable bonds is 4. The van der Waals surface area contributed by atoms with Crippen molar-refractivity contribution in [3.8, 4) is 34.1 Å². The first kappa shape index (κ1) is 24.7. The summed E-state index contributed by atoms with van der Waals surface area (Å²) in [5.74, 6) is 1.48. The number of ether oxygens (including phenoxy) is 2. The Morgan fingerprint density at radius 3 is 2.72 bits per heavy atom. The van der Waals surface area contributed by atoms with Crippen LogP contribution in [0, 0.1) is 6.92 Å². The first-order valence-electron chi connectivity index (χ1n) is 13.2. The zero-order chi connectivity index (χ0) is 27.1. The van der Waals surface area contributed by atoms with Crippen LogP contribution in [0.5, 0.6) is 11.6 Å². The number of aromatic nitrogens is 5. The van der Waals surface area contributed by atoms with Gasteiger partial charge in [0.25, 0.3) is 0 Å². The molecule has 0 radical (unpaired) electrons. The fourth-order valence-electron chi connectivity index (χ4n) is 5.28. The molecule has 198 valence electrons. The molecule has 1 aliphatic heterocycles. The average Bonchev–Trinajstić information content (AvgIpc) is 3.48. The Balaban J connectivity index is 1.58. The second kappa shape index (κ2) is 9.94. The van der Waals surface area contributed by atoms with Gasteiger partial charge in [0.05, 0.1) is 11.4 Å². The molecular weight excluding hydrogens is 488 g/mol. The molecule has 2 bridgehead atoms. The molecular formula is C31H32N6O2. The normalized spacial score (nSPS) is 14.3. The van der Waals surface area contributed by atoms with Crippen molar-refractivity contribution in [3.63, 3.8) is 0 Å². The highest BCUT2D eigenvalue weighted by Gasteiger charge is 2.27. The largest absolute Gasteiger partial charge is 0.482 e. The van der Waals surface area contributed by atoms with Crippen LogP contribution in [-0.4, -0.2) is 24.5 Å². The number of hydrogen-bond donors (Lipinski definition) is 1. The van der Waals surface area contributed by atoms with E-state index in [2.05, 4.69) is 55.4 Å². The Morgan fingerprint density at radius 2 is 1.92 bits per heavy atom. The van der Waals surface area contributed by atoms with E-state index in [4.69, 9.17) is 25.4 Å². The van der Waals surface area contributed by atoms with Crippen molar-refractivity contribution in [1.29, 1.82) is 0 Å². The Bertz CT molecular complexity index is 1650. The minimum atomic E-state index is -0.270. The van der Waals surface area contributed by atoms with Gasteiger partial charge in [-0.15, -0.1) is 5.10 Å². The molecule has 2 N–H and O–H groups in total. The van der Waals surface area contributed by atoms with E-state index in [1.165, 1.54) is 0 Å². The van der Waals surface area contributed by atoms with E-state index in [0.717, 1.165) is 50.3 Å². The highest BCUT2D eigenvalue weighted by atomic mass is 16.5. The standard InChI is InChI=1S/C31H32N6O2/c1-5-37-29-22-15-27(30(32)33-16-22)39-20(3)25-13-19(2)11-12-24(25)28-23(17-36(4)34-28)14-26(29)31(35-37)38-18-21-9-7-6-8-10-21/h6-13,15-17,20H,5,14,18H2,1-4H3,(H2,32,33)/t20-/m1/s1. The highest BCUT2D eigenvalue weighted by molar-refractivity contribution is 5.73. The van der Waals surface area contributed by atoms with Crippen LogP contribution in [0.1, 0.15) is 47.8 Å². The van der Waals surface area contributed by atoms with Crippen LogP contribution >= 0.6 is 0 Å². The molecule has 0 spiro atoms. The lowest BCUT2D eigenvalue weighted by molar-refractivity contribution is 0.228. The van der Waals surface area contributed by atoms with Crippen molar-refractivity contribution in [3.05, 3.63) is 94.8 Å². The third-order valence-electron chi connectivity index (χ3n) is 7.16. The Kier molecular flexibility index (Phi) is 6.30. The lowest BCUT2D eigenvalue weighted by Gasteiger charge is -2.21. The highest BCUT2D eigenvalue weighted by Crippen LogP contribution is 2.40. The molecule has 1 atom stereocenters. The van der Waals surface area contributed by atoms with Gasteiger partial charge in [0, 0.05) is 60.2 Å². The van der Waals surface area contributed by atoms with Gasteiger partial charge < -0.3 is 15.2 Å². The van der Waals surface area contributed by atoms with E-state index in [0.29, 0.717) is 37.0 Å². The molecule has 8 nitrogen and oxygen atoms in total. The number of aryl methyl sites for hydroxylation is 3. The molecule has 5 aromatic rings. The predicted octanol–water partition coefficient (Wildman–Crippen LogP) is 5.88. The Labute approximate surface area is 228 Å². The first-order chi connectivity index (χ1) is 18.9. The smallest absolute Gasteiger partial charge is 0.237 e. The first-order valence-corrected chi connectivity index (χ1v) is 13.2. The summed E-state index contributed by atoms with van der Waals surface area (Å²) in [6, 6.07) is 18.5. The molecule has 3 aromatic heterocycles. The van der Waals surface area contributed by atoms with Crippen molar-refractivity contribution in [2.75, 3.05) is 5.73 Å². The molecule has 6 rings (SSSR count). The van der Waals surface area contributed by atoms with Gasteiger partial charge in [-0.1, -0.05) is 54.1 Å². The zero-order valence-electron chi connectivity index (χ0n) is 22.7. The quantitative estimate of drug-likeness (QED) is 0.318. The lowest BCUT2D eigenvalue weighted by Crippen LogP contribution is -2.10. The molecule has 0 unspecified atom stereocenters. The molecule has 1 aliphatic rings. The third kappa shape index (κ3) is 4.63. The molecule has 4 heterocycles. The molecule has 2 aromatic carbocycles. The van der Waals surface area contributed by atoms with E-state index in [9.17, 15) is 0 Å². The minimum Gasteiger partial charge on any atom is -0.482 e. The van der Waals surface area contributed by atoms with Crippen LogP contribution in [0.25, 0.3) is 22.5 Å². The maximum atomic E-state index is 6.48. The van der Waals surface area contributed by atoms with Crippen LogP contribution in [0.2, 0.25) is 0 Å². The van der Waals surface area contributed by atoms with Crippen molar-refractivity contribution >= 4 is 5.82 Å². The summed E-state index contributed by atoms with van der Waals surface area (Å²) in [6.45, 7) is 7.28. The van der Waals surface area contributed by atoms with Crippen LogP contribution in [0.3, 0.4) is 0 Å². The van der Waals surface area contributed by atoms with E-state index >= 15 is 0 Å². The lowest BCUT2D eigenvalue weighted by atomic mass is 9.93. The van der Waals surface area contributed by atoms with Crippen LogP contribution in [0.15, 0.2) is 67.0 Å². The van der Waals surface area contributed by atoms with Crippen molar-refractivity contribution in [1.82, 2.24) is 24.5 Å².